The molecule has 1 fully saturated rings. The van der Waals surface area contributed by atoms with Gasteiger partial charge in [0.25, 0.3) is 0 Å². The predicted octanol–water partition coefficient (Wildman–Crippen LogP) is 0.0200. The summed E-state index contributed by atoms with van der Waals surface area (Å²) >= 11 is 0. The summed E-state index contributed by atoms with van der Waals surface area (Å²) in [7, 11) is -3.30. The first kappa shape index (κ1) is 23.4. The highest BCUT2D eigenvalue weighted by atomic mass is 29.6. The van der Waals surface area contributed by atoms with Crippen LogP contribution < -0.4 is 0 Å². The van der Waals surface area contributed by atoms with Gasteiger partial charge in [-0.15, -0.1) is 0 Å². The van der Waals surface area contributed by atoms with Crippen molar-refractivity contribution in [2.75, 3.05) is 0 Å². The lowest BCUT2D eigenvalue weighted by Crippen LogP contribution is -2.77. The number of hydrogen-bond acceptors (Lipinski definition) is 4. The molecule has 0 aromatic carbocycles. The Balaban J connectivity index is 0.000000472. The Morgan fingerprint density at radius 1 is 0.909 bits per heavy atom. The minimum Gasteiger partial charge on any atom is -0.426 e. The molecule has 1 aliphatic heterocycles. The van der Waals surface area contributed by atoms with E-state index >= 15 is 0 Å². The van der Waals surface area contributed by atoms with Crippen molar-refractivity contribution in [3.63, 3.8) is 0 Å². The lowest BCUT2D eigenvalue weighted by Gasteiger charge is -2.57. The summed E-state index contributed by atoms with van der Waals surface area (Å²) in [6.45, 7) is 21.8. The van der Waals surface area contributed by atoms with Crippen LogP contribution in [0, 0.1) is 0 Å². The van der Waals surface area contributed by atoms with Crippen LogP contribution in [0.3, 0.4) is 0 Å². The average Bonchev–Trinajstić information content (AvgIpc) is 2.34. The molecular weight excluding hydrogens is 393 g/mol. The van der Waals surface area contributed by atoms with E-state index in [2.05, 4.69) is 53.1 Å². The van der Waals surface area contributed by atoms with E-state index in [-0.39, 0.29) is 5.60 Å². The highest BCUT2D eigenvalue weighted by Gasteiger charge is 2.60. The van der Waals surface area contributed by atoms with Crippen molar-refractivity contribution in [1.82, 2.24) is 0 Å². The largest absolute Gasteiger partial charge is 0.464 e. The van der Waals surface area contributed by atoms with Crippen molar-refractivity contribution in [3.8, 4) is 0 Å². The van der Waals surface area contributed by atoms with E-state index in [1.807, 2.05) is 6.55 Å². The van der Waals surface area contributed by atoms with Gasteiger partial charge in [-0.25, -0.2) is 0 Å². The second-order valence-corrected chi connectivity index (χ2v) is 42.4. The topological polar surface area (TPSA) is 36.9 Å². The van der Waals surface area contributed by atoms with E-state index in [4.69, 9.17) is 16.8 Å². The molecule has 0 amide bonds. The summed E-state index contributed by atoms with van der Waals surface area (Å²) < 4.78 is 21.9. The maximum atomic E-state index is 6.45. The maximum Gasteiger partial charge on any atom is 0.464 e. The fraction of sp³-hybridized carbons (Fsp3) is 1.00. The standard InChI is InChI=1S/C10H26OSi3.CH12O3Si4/c1-10(2)9-12(3,4)14(7,8)13(5,6)11-10;1-8(2-5,3-6)4-7/h9H2,1-8H3;1,5-7H3. The van der Waals surface area contributed by atoms with Gasteiger partial charge in [-0.2, -0.15) is 0 Å². The Kier molecular flexibility index (Phi) is 8.19. The summed E-state index contributed by atoms with van der Waals surface area (Å²) in [4.78, 5) is 0. The molecule has 0 aromatic heterocycles. The van der Waals surface area contributed by atoms with Crippen molar-refractivity contribution < 1.29 is 16.8 Å². The fourth-order valence-corrected chi connectivity index (χ4v) is 40.8. The predicted molar refractivity (Wildman–Crippen MR) is 117 cm³/mol. The van der Waals surface area contributed by atoms with Gasteiger partial charge >= 0.3 is 8.80 Å². The van der Waals surface area contributed by atoms with Crippen LogP contribution in [0.2, 0.25) is 51.9 Å². The average molecular weight is 431 g/mol. The van der Waals surface area contributed by atoms with Gasteiger partial charge in [0, 0.05) is 19.7 Å². The molecule has 0 unspecified atom stereocenters. The molecule has 1 aliphatic rings. The molecule has 4 nitrogen and oxygen atoms in total. The zero-order valence-corrected chi connectivity index (χ0v) is 26.8. The van der Waals surface area contributed by atoms with E-state index in [0.29, 0.717) is 0 Å². The van der Waals surface area contributed by atoms with Crippen LogP contribution >= 0.6 is 0 Å². The molecule has 0 atom stereocenters. The summed E-state index contributed by atoms with van der Waals surface area (Å²) in [5.41, 5.74) is 0.161. The van der Waals surface area contributed by atoms with Crippen molar-refractivity contribution in [1.29, 1.82) is 0 Å². The quantitative estimate of drug-likeness (QED) is 0.591. The summed E-state index contributed by atoms with van der Waals surface area (Å²) in [6, 6.07) is 1.36. The summed E-state index contributed by atoms with van der Waals surface area (Å²) in [5.74, 6) is 0. The molecule has 0 saturated carbocycles. The molecule has 1 rings (SSSR count). The van der Waals surface area contributed by atoms with Crippen molar-refractivity contribution >= 4 is 62.8 Å². The summed E-state index contributed by atoms with van der Waals surface area (Å²) in [6.07, 6.45) is 0. The van der Waals surface area contributed by atoms with E-state index < -0.39 is 31.3 Å². The Bertz CT molecular complexity index is 339. The van der Waals surface area contributed by atoms with Gasteiger partial charge in [-0.1, -0.05) is 26.2 Å². The first-order valence-electron chi connectivity index (χ1n) is 7.95. The van der Waals surface area contributed by atoms with E-state index in [1.165, 1.54) is 6.04 Å². The minimum atomic E-state index is -1.99. The number of rotatable bonds is 3. The fourth-order valence-electron chi connectivity index (χ4n) is 3.20. The molecule has 0 radical (unpaired) electrons. The zero-order chi connectivity index (χ0) is 18.0. The van der Waals surface area contributed by atoms with Gasteiger partial charge in [0.15, 0.2) is 7.83 Å². The zero-order valence-electron chi connectivity index (χ0n) is 16.8. The normalized spacial score (nSPS) is 27.7. The van der Waals surface area contributed by atoms with Gasteiger partial charge in [0.1, 0.15) is 31.5 Å². The first-order chi connectivity index (χ1) is 9.60. The highest BCUT2D eigenvalue weighted by molar-refractivity contribution is 7.67. The van der Waals surface area contributed by atoms with Crippen LogP contribution in [-0.2, 0) is 16.8 Å². The smallest absolute Gasteiger partial charge is 0.426 e. The second-order valence-electron chi connectivity index (χ2n) is 8.53. The van der Waals surface area contributed by atoms with Gasteiger partial charge in [0.2, 0.25) is 0 Å². The molecule has 0 N–H and O–H groups in total. The highest BCUT2D eigenvalue weighted by Crippen LogP contribution is 2.43. The first-order valence-corrected chi connectivity index (χ1v) is 23.7. The molecule has 0 aliphatic carbocycles. The van der Waals surface area contributed by atoms with E-state index in [0.717, 1.165) is 31.5 Å². The third kappa shape index (κ3) is 5.43. The van der Waals surface area contributed by atoms with Crippen LogP contribution in [0.15, 0.2) is 0 Å². The van der Waals surface area contributed by atoms with Crippen LogP contribution in [0.4, 0.5) is 0 Å². The molecule has 0 aromatic rings. The SMILES string of the molecule is CC1(C)C[Si](C)(C)[Si](C)(C)[Si](C)(C)O1.C[Si](O[SiH3])(O[SiH3])O[SiH3]. The van der Waals surface area contributed by atoms with Crippen LogP contribution in [0.1, 0.15) is 13.8 Å². The molecule has 0 spiro atoms. The van der Waals surface area contributed by atoms with Gasteiger partial charge in [0.05, 0.1) is 7.11 Å². The molecule has 1 heterocycles. The van der Waals surface area contributed by atoms with E-state index in [1.54, 1.807) is 0 Å². The van der Waals surface area contributed by atoms with Crippen molar-refractivity contribution in [3.05, 3.63) is 0 Å². The Labute approximate surface area is 150 Å². The minimum absolute atomic E-state index is 0.161. The monoisotopic (exact) mass is 430 g/mol. The van der Waals surface area contributed by atoms with Crippen LogP contribution in [0.5, 0.6) is 0 Å². The Morgan fingerprint density at radius 3 is 1.50 bits per heavy atom. The molecule has 22 heavy (non-hydrogen) atoms. The molecule has 1 saturated heterocycles. The van der Waals surface area contributed by atoms with Gasteiger partial charge in [-0.05, 0) is 33.0 Å². The third-order valence-electron chi connectivity index (χ3n) is 5.71. The Hall–Kier alpha value is 1.36. The number of hydrogen-bond donors (Lipinski definition) is 0. The summed E-state index contributed by atoms with van der Waals surface area (Å²) in [5, 5.41) is 0. The maximum absolute atomic E-state index is 6.45. The lowest BCUT2D eigenvalue weighted by atomic mass is 10.2. The molecule has 11 heteroatoms. The third-order valence-corrected chi connectivity index (χ3v) is 55.3. The van der Waals surface area contributed by atoms with Crippen LogP contribution in [-0.4, -0.2) is 68.4 Å². The lowest BCUT2D eigenvalue weighted by molar-refractivity contribution is 0.122. The second kappa shape index (κ2) is 7.72. The van der Waals surface area contributed by atoms with Crippen LogP contribution in [0.25, 0.3) is 0 Å². The Morgan fingerprint density at radius 2 is 1.27 bits per heavy atom. The van der Waals surface area contributed by atoms with Gasteiger partial charge in [-0.3, -0.25) is 0 Å². The van der Waals surface area contributed by atoms with Crippen molar-refractivity contribution in [2.45, 2.75) is 71.3 Å². The van der Waals surface area contributed by atoms with E-state index in [9.17, 15) is 0 Å². The molecule has 134 valence electrons. The van der Waals surface area contributed by atoms with Crippen molar-refractivity contribution in [2.24, 2.45) is 0 Å². The molecular formula is C11H38O4Si7. The van der Waals surface area contributed by atoms with Gasteiger partial charge < -0.3 is 16.8 Å². The molecule has 0 bridgehead atoms.